The summed E-state index contributed by atoms with van der Waals surface area (Å²) in [5.41, 5.74) is -1.51. The van der Waals surface area contributed by atoms with E-state index in [1.807, 2.05) is 0 Å². The number of ether oxygens (including phenoxy) is 2. The number of aliphatic carboxylic acids is 1. The van der Waals surface area contributed by atoms with E-state index in [0.717, 1.165) is 4.90 Å². The predicted molar refractivity (Wildman–Crippen MR) is 75.9 cm³/mol. The highest BCUT2D eigenvalue weighted by molar-refractivity contribution is 5.84. The van der Waals surface area contributed by atoms with Crippen molar-refractivity contribution < 1.29 is 29.0 Å². The number of carboxylic acid groups (broad SMARTS) is 1. The summed E-state index contributed by atoms with van der Waals surface area (Å²) >= 11 is 0. The molecule has 0 aromatic carbocycles. The molecule has 0 fully saturated rings. The molecule has 1 amide bonds. The molecule has 7 nitrogen and oxygen atoms in total. The smallest absolute Gasteiger partial charge is 0.411 e. The summed E-state index contributed by atoms with van der Waals surface area (Å²) in [5.74, 6) is -1.93. The van der Waals surface area contributed by atoms with Crippen molar-refractivity contribution in [1.29, 1.82) is 0 Å². The molecule has 0 radical (unpaired) electrons. The SMILES string of the molecule is C[C@@H](C(=O)O)N(CC(=O)OC(C)(C)C)C(=O)OC(C)(C)C. The molecule has 1 atom stereocenters. The first kappa shape index (κ1) is 19.2. The van der Waals surface area contributed by atoms with Crippen LogP contribution in [0.15, 0.2) is 0 Å². The molecule has 0 aromatic heterocycles. The molecule has 0 saturated carbocycles. The lowest BCUT2D eigenvalue weighted by atomic mass is 10.2. The van der Waals surface area contributed by atoms with Crippen molar-refractivity contribution in [2.24, 2.45) is 0 Å². The van der Waals surface area contributed by atoms with Gasteiger partial charge in [0.05, 0.1) is 0 Å². The Hall–Kier alpha value is -1.79. The molecule has 0 aromatic rings. The number of esters is 1. The average Bonchev–Trinajstić information content (AvgIpc) is 2.19. The van der Waals surface area contributed by atoms with Crippen LogP contribution in [0.1, 0.15) is 48.5 Å². The second kappa shape index (κ2) is 6.78. The predicted octanol–water partition coefficient (Wildman–Crippen LogP) is 2.04. The Bertz CT molecular complexity index is 405. The first-order valence-corrected chi connectivity index (χ1v) is 6.67. The van der Waals surface area contributed by atoms with Gasteiger partial charge in [-0.15, -0.1) is 0 Å². The maximum absolute atomic E-state index is 12.0. The van der Waals surface area contributed by atoms with Crippen LogP contribution >= 0.6 is 0 Å². The summed E-state index contributed by atoms with van der Waals surface area (Å²) < 4.78 is 10.2. The molecule has 0 heterocycles. The van der Waals surface area contributed by atoms with Crippen molar-refractivity contribution in [3.63, 3.8) is 0 Å². The van der Waals surface area contributed by atoms with Gasteiger partial charge in [0.15, 0.2) is 0 Å². The number of rotatable bonds is 4. The number of hydrogen-bond donors (Lipinski definition) is 1. The molecule has 0 rings (SSSR count). The molecule has 0 unspecified atom stereocenters. The van der Waals surface area contributed by atoms with E-state index in [0.29, 0.717) is 0 Å². The fourth-order valence-corrected chi connectivity index (χ4v) is 1.33. The fraction of sp³-hybridized carbons (Fsp3) is 0.786. The standard InChI is InChI=1S/C14H25NO6/c1-9(11(17)18)15(12(19)21-14(5,6)7)8-10(16)20-13(2,3)4/h9H,8H2,1-7H3,(H,17,18)/t9-/m0/s1. The van der Waals surface area contributed by atoms with Crippen molar-refractivity contribution in [3.8, 4) is 0 Å². The molecule has 7 heteroatoms. The van der Waals surface area contributed by atoms with E-state index in [1.54, 1.807) is 41.5 Å². The number of amides is 1. The highest BCUT2D eigenvalue weighted by atomic mass is 16.6. The van der Waals surface area contributed by atoms with Gasteiger partial charge in [-0.1, -0.05) is 0 Å². The number of carbonyl (C=O) groups is 3. The van der Waals surface area contributed by atoms with Gasteiger partial charge in [-0.25, -0.2) is 9.59 Å². The van der Waals surface area contributed by atoms with Crippen LogP contribution < -0.4 is 0 Å². The van der Waals surface area contributed by atoms with Crippen molar-refractivity contribution in [3.05, 3.63) is 0 Å². The van der Waals surface area contributed by atoms with E-state index in [2.05, 4.69) is 0 Å². The molecule has 0 aliphatic carbocycles. The van der Waals surface area contributed by atoms with Gasteiger partial charge in [-0.05, 0) is 48.5 Å². The van der Waals surface area contributed by atoms with Crippen molar-refractivity contribution >= 4 is 18.0 Å². The zero-order chi connectivity index (χ0) is 17.0. The molecular weight excluding hydrogens is 278 g/mol. The van der Waals surface area contributed by atoms with E-state index in [1.165, 1.54) is 6.92 Å². The lowest BCUT2D eigenvalue weighted by Crippen LogP contribution is -2.49. The van der Waals surface area contributed by atoms with E-state index in [4.69, 9.17) is 14.6 Å². The molecule has 0 bridgehead atoms. The Labute approximate surface area is 125 Å². The van der Waals surface area contributed by atoms with E-state index >= 15 is 0 Å². The zero-order valence-electron chi connectivity index (χ0n) is 13.7. The summed E-state index contributed by atoms with van der Waals surface area (Å²) in [5, 5.41) is 9.04. The third-order valence-electron chi connectivity index (χ3n) is 2.17. The summed E-state index contributed by atoms with van der Waals surface area (Å²) in [7, 11) is 0. The molecule has 21 heavy (non-hydrogen) atoms. The molecule has 122 valence electrons. The monoisotopic (exact) mass is 303 g/mol. The van der Waals surface area contributed by atoms with Gasteiger partial charge in [0.1, 0.15) is 23.8 Å². The molecule has 1 N–H and O–H groups in total. The lowest BCUT2D eigenvalue weighted by molar-refractivity contribution is -0.157. The Morgan fingerprint density at radius 1 is 1.00 bits per heavy atom. The summed E-state index contributed by atoms with van der Waals surface area (Å²) in [6, 6.07) is -1.20. The Morgan fingerprint density at radius 3 is 1.76 bits per heavy atom. The second-order valence-corrected chi connectivity index (χ2v) is 6.71. The van der Waals surface area contributed by atoms with Gasteiger partial charge >= 0.3 is 18.0 Å². The normalized spacial score (nSPS) is 13.3. The third kappa shape index (κ3) is 8.16. The van der Waals surface area contributed by atoms with Crippen LogP contribution in [0.3, 0.4) is 0 Å². The van der Waals surface area contributed by atoms with E-state index in [9.17, 15) is 14.4 Å². The highest BCUT2D eigenvalue weighted by Crippen LogP contribution is 2.14. The van der Waals surface area contributed by atoms with Crippen LogP contribution in [-0.2, 0) is 19.1 Å². The Morgan fingerprint density at radius 2 is 1.43 bits per heavy atom. The van der Waals surface area contributed by atoms with Gasteiger partial charge in [0, 0.05) is 0 Å². The summed E-state index contributed by atoms with van der Waals surface area (Å²) in [4.78, 5) is 35.8. The highest BCUT2D eigenvalue weighted by Gasteiger charge is 2.32. The zero-order valence-corrected chi connectivity index (χ0v) is 13.7. The maximum atomic E-state index is 12.0. The van der Waals surface area contributed by atoms with Gasteiger partial charge in [0.25, 0.3) is 0 Å². The van der Waals surface area contributed by atoms with Crippen LogP contribution in [0.5, 0.6) is 0 Å². The lowest BCUT2D eigenvalue weighted by Gasteiger charge is -2.30. The van der Waals surface area contributed by atoms with Gasteiger partial charge in [0.2, 0.25) is 0 Å². The van der Waals surface area contributed by atoms with Crippen molar-refractivity contribution in [1.82, 2.24) is 4.90 Å². The molecule has 0 spiro atoms. The van der Waals surface area contributed by atoms with Crippen LogP contribution in [0.25, 0.3) is 0 Å². The maximum Gasteiger partial charge on any atom is 0.411 e. The van der Waals surface area contributed by atoms with E-state index in [-0.39, 0.29) is 0 Å². The molecule has 0 aliphatic rings. The number of hydrogen-bond acceptors (Lipinski definition) is 5. The summed E-state index contributed by atoms with van der Waals surface area (Å²) in [6.45, 7) is 10.8. The third-order valence-corrected chi connectivity index (χ3v) is 2.17. The topological polar surface area (TPSA) is 93.1 Å². The number of nitrogens with zero attached hydrogens (tertiary/aromatic N) is 1. The van der Waals surface area contributed by atoms with Crippen LogP contribution in [-0.4, -0.2) is 51.8 Å². The minimum absolute atomic E-state index is 0.486. The van der Waals surface area contributed by atoms with Gasteiger partial charge < -0.3 is 14.6 Å². The largest absolute Gasteiger partial charge is 0.480 e. The minimum atomic E-state index is -1.23. The fourth-order valence-electron chi connectivity index (χ4n) is 1.33. The number of carbonyl (C=O) groups excluding carboxylic acids is 2. The molecular formula is C14H25NO6. The quantitative estimate of drug-likeness (QED) is 0.799. The first-order chi connectivity index (χ1) is 9.23. The van der Waals surface area contributed by atoms with Crippen molar-refractivity contribution in [2.45, 2.75) is 65.7 Å². The van der Waals surface area contributed by atoms with Crippen molar-refractivity contribution in [2.75, 3.05) is 6.54 Å². The Balaban J connectivity index is 5.04. The van der Waals surface area contributed by atoms with Crippen LogP contribution in [0.4, 0.5) is 4.79 Å². The van der Waals surface area contributed by atoms with Gasteiger partial charge in [-0.2, -0.15) is 0 Å². The Kier molecular flexibility index (Phi) is 6.20. The number of carboxylic acids is 1. The summed E-state index contributed by atoms with van der Waals surface area (Å²) in [6.07, 6.45) is -0.872. The van der Waals surface area contributed by atoms with Gasteiger partial charge in [-0.3, -0.25) is 9.69 Å². The molecule has 0 saturated heterocycles. The van der Waals surface area contributed by atoms with Crippen LogP contribution in [0.2, 0.25) is 0 Å². The minimum Gasteiger partial charge on any atom is -0.480 e. The first-order valence-electron chi connectivity index (χ1n) is 6.67. The van der Waals surface area contributed by atoms with E-state index < -0.39 is 41.8 Å². The average molecular weight is 303 g/mol. The second-order valence-electron chi connectivity index (χ2n) is 6.71. The molecule has 0 aliphatic heterocycles. The van der Waals surface area contributed by atoms with Crippen LogP contribution in [0, 0.1) is 0 Å².